The van der Waals surface area contributed by atoms with Crippen LogP contribution in [-0.4, -0.2) is 104 Å². The van der Waals surface area contributed by atoms with Crippen LogP contribution >= 0.6 is 0 Å². The number of alkyl halides is 2. The molecule has 0 atom stereocenters. The van der Waals surface area contributed by atoms with Crippen molar-refractivity contribution >= 4 is 5.91 Å². The lowest BCUT2D eigenvalue weighted by Crippen LogP contribution is -2.37. The van der Waals surface area contributed by atoms with Crippen molar-refractivity contribution in [2.75, 3.05) is 88.9 Å². The van der Waals surface area contributed by atoms with Crippen LogP contribution in [0.5, 0.6) is 0 Å². The van der Waals surface area contributed by atoms with E-state index in [-0.39, 0.29) is 12.6 Å². The van der Waals surface area contributed by atoms with Crippen LogP contribution in [0.1, 0.15) is 26.2 Å². The van der Waals surface area contributed by atoms with Crippen molar-refractivity contribution in [3.05, 3.63) is 0 Å². The van der Waals surface area contributed by atoms with Gasteiger partial charge in [0.2, 0.25) is 5.91 Å². The highest BCUT2D eigenvalue weighted by atomic mass is 19.1. The molecule has 0 fully saturated rings. The van der Waals surface area contributed by atoms with Gasteiger partial charge < -0.3 is 19.6 Å². The fourth-order valence-electron chi connectivity index (χ4n) is 1.78. The van der Waals surface area contributed by atoms with Crippen LogP contribution in [0, 0.1) is 0 Å². The lowest BCUT2D eigenvalue weighted by Gasteiger charge is -2.23. The van der Waals surface area contributed by atoms with Crippen LogP contribution in [0.15, 0.2) is 0 Å². The highest BCUT2D eigenvalue weighted by Gasteiger charge is 2.06. The average Bonchev–Trinajstić information content (AvgIpc) is 2.52. The van der Waals surface area contributed by atoms with Gasteiger partial charge in [0.25, 0.3) is 0 Å². The molecule has 0 saturated heterocycles. The molecule has 7 heteroatoms. The first-order valence-electron chi connectivity index (χ1n) is 9.04. The Bertz CT molecular complexity index is 290. The van der Waals surface area contributed by atoms with Crippen molar-refractivity contribution in [2.24, 2.45) is 0 Å². The Balaban J connectivity index is -0.000000353. The van der Waals surface area contributed by atoms with Crippen molar-refractivity contribution in [3.8, 4) is 0 Å². The van der Waals surface area contributed by atoms with Gasteiger partial charge in [-0.15, -0.1) is 0 Å². The molecule has 0 saturated carbocycles. The summed E-state index contributed by atoms with van der Waals surface area (Å²) in [6.45, 7) is 6.08. The SMILES string of the molecule is CCC(=O)NCCC[N+](C)(C)C.CF.C[N+](C)(C)CCCNCCF. The Morgan fingerprint density at radius 3 is 1.64 bits per heavy atom. The Morgan fingerprint density at radius 1 is 0.840 bits per heavy atom. The van der Waals surface area contributed by atoms with Gasteiger partial charge in [-0.2, -0.15) is 0 Å². The quantitative estimate of drug-likeness (QED) is 0.430. The number of nitrogens with zero attached hydrogens (tertiary/aromatic N) is 2. The number of carbonyl (C=O) groups excluding carboxylic acids is 1. The molecule has 0 bridgehead atoms. The van der Waals surface area contributed by atoms with Crippen LogP contribution in [0.25, 0.3) is 0 Å². The van der Waals surface area contributed by atoms with E-state index in [9.17, 15) is 13.6 Å². The molecule has 0 radical (unpaired) electrons. The first-order chi connectivity index (χ1) is 11.5. The van der Waals surface area contributed by atoms with E-state index >= 15 is 0 Å². The molecular weight excluding hydrogens is 326 g/mol. The van der Waals surface area contributed by atoms with E-state index in [4.69, 9.17) is 0 Å². The Hall–Kier alpha value is -0.790. The molecule has 1 amide bonds. The molecule has 0 aromatic carbocycles. The molecule has 0 aromatic heterocycles. The average molecular weight is 371 g/mol. The molecule has 0 heterocycles. The zero-order chi connectivity index (χ0) is 20.4. The number of rotatable bonds is 11. The van der Waals surface area contributed by atoms with Gasteiger partial charge in [0.15, 0.2) is 0 Å². The summed E-state index contributed by atoms with van der Waals surface area (Å²) in [7, 11) is 13.4. The third kappa shape index (κ3) is 35.3. The number of nitrogens with one attached hydrogen (secondary N) is 2. The highest BCUT2D eigenvalue weighted by molar-refractivity contribution is 5.75. The summed E-state index contributed by atoms with van der Waals surface area (Å²) < 4.78 is 23.0. The number of amides is 1. The molecule has 25 heavy (non-hydrogen) atoms. The number of hydrogen-bond donors (Lipinski definition) is 2. The number of carbonyl (C=O) groups is 1. The van der Waals surface area contributed by atoms with Crippen LogP contribution in [-0.2, 0) is 4.79 Å². The Labute approximate surface area is 154 Å². The highest BCUT2D eigenvalue weighted by Crippen LogP contribution is 1.92. The molecule has 0 aromatic rings. The van der Waals surface area contributed by atoms with E-state index in [1.54, 1.807) is 0 Å². The monoisotopic (exact) mass is 370 g/mol. The second-order valence-corrected chi connectivity index (χ2v) is 7.88. The van der Waals surface area contributed by atoms with Crippen molar-refractivity contribution in [1.82, 2.24) is 10.6 Å². The van der Waals surface area contributed by atoms with Gasteiger partial charge in [-0.3, -0.25) is 9.18 Å². The minimum Gasteiger partial charge on any atom is -0.356 e. The first-order valence-corrected chi connectivity index (χ1v) is 9.04. The minimum absolute atomic E-state index is 0.149. The van der Waals surface area contributed by atoms with Gasteiger partial charge in [-0.25, -0.2) is 4.39 Å². The smallest absolute Gasteiger partial charge is 0.219 e. The molecule has 2 N–H and O–H groups in total. The fraction of sp³-hybridized carbons (Fsp3) is 0.944. The van der Waals surface area contributed by atoms with E-state index in [2.05, 4.69) is 52.9 Å². The molecular formula is C18H44F2N4O+2. The van der Waals surface area contributed by atoms with Crippen LogP contribution in [0.4, 0.5) is 8.78 Å². The minimum atomic E-state index is -0.260. The number of hydrogen-bond acceptors (Lipinski definition) is 2. The van der Waals surface area contributed by atoms with E-state index < -0.39 is 0 Å². The molecule has 5 nitrogen and oxygen atoms in total. The maximum Gasteiger partial charge on any atom is 0.219 e. The van der Waals surface area contributed by atoms with Gasteiger partial charge in [0.05, 0.1) is 62.6 Å². The third-order valence-electron chi connectivity index (χ3n) is 3.10. The molecule has 0 aliphatic heterocycles. The summed E-state index contributed by atoms with van der Waals surface area (Å²) in [4.78, 5) is 10.8. The van der Waals surface area contributed by atoms with Gasteiger partial charge in [-0.05, 0) is 0 Å². The lowest BCUT2D eigenvalue weighted by molar-refractivity contribution is -0.870. The van der Waals surface area contributed by atoms with Crippen molar-refractivity contribution < 1.29 is 22.5 Å². The largest absolute Gasteiger partial charge is 0.356 e. The molecule has 0 aliphatic carbocycles. The molecule has 154 valence electrons. The normalized spacial score (nSPS) is 11.0. The summed E-state index contributed by atoms with van der Waals surface area (Å²) in [5, 5.41) is 5.88. The van der Waals surface area contributed by atoms with E-state index in [1.165, 1.54) is 0 Å². The number of halogens is 2. The maximum absolute atomic E-state index is 11.6. The summed E-state index contributed by atoms with van der Waals surface area (Å²) in [5.74, 6) is 0.149. The maximum atomic E-state index is 11.6. The van der Waals surface area contributed by atoms with Gasteiger partial charge >= 0.3 is 0 Å². The van der Waals surface area contributed by atoms with Crippen LogP contribution in [0.3, 0.4) is 0 Å². The van der Waals surface area contributed by atoms with Crippen LogP contribution < -0.4 is 10.6 Å². The summed E-state index contributed by atoms with van der Waals surface area (Å²) in [6, 6.07) is 0. The van der Waals surface area contributed by atoms with E-state index in [0.29, 0.717) is 20.1 Å². The zero-order valence-corrected chi connectivity index (χ0v) is 17.9. The Morgan fingerprint density at radius 2 is 1.28 bits per heavy atom. The predicted octanol–water partition coefficient (Wildman–Crippen LogP) is 1.84. The third-order valence-corrected chi connectivity index (χ3v) is 3.10. The van der Waals surface area contributed by atoms with Crippen molar-refractivity contribution in [2.45, 2.75) is 26.2 Å². The number of quaternary nitrogens is 2. The first kappa shape index (κ1) is 29.0. The standard InChI is InChI=1S/C9H20N2O.C8H20FN2.CH3F/c1-5-9(12)10-7-6-8-11(2,3)4;1-11(2,3)8-4-6-10-7-5-9;1-2/h5-8H2,1-4H3;10H,4-8H2,1-3H3;1H3/q;+1;/p+1. The zero-order valence-electron chi connectivity index (χ0n) is 17.9. The van der Waals surface area contributed by atoms with Crippen molar-refractivity contribution in [3.63, 3.8) is 0 Å². The summed E-state index contributed by atoms with van der Waals surface area (Å²) in [5.41, 5.74) is 0. The van der Waals surface area contributed by atoms with Crippen molar-refractivity contribution in [1.29, 1.82) is 0 Å². The molecule has 0 rings (SSSR count). The predicted molar refractivity (Wildman–Crippen MR) is 104 cm³/mol. The fourth-order valence-corrected chi connectivity index (χ4v) is 1.78. The van der Waals surface area contributed by atoms with Gasteiger partial charge in [0.1, 0.15) is 6.67 Å². The van der Waals surface area contributed by atoms with E-state index in [1.807, 2.05) is 6.92 Å². The second kappa shape index (κ2) is 18.0. The lowest BCUT2D eigenvalue weighted by atomic mass is 10.3. The van der Waals surface area contributed by atoms with E-state index in [0.717, 1.165) is 48.0 Å². The molecule has 0 spiro atoms. The topological polar surface area (TPSA) is 41.1 Å². The second-order valence-electron chi connectivity index (χ2n) is 7.88. The van der Waals surface area contributed by atoms with Gasteiger partial charge in [-0.1, -0.05) is 6.92 Å². The van der Waals surface area contributed by atoms with Crippen LogP contribution in [0.2, 0.25) is 0 Å². The molecule has 0 unspecified atom stereocenters. The summed E-state index contributed by atoms with van der Waals surface area (Å²) in [6.07, 6.45) is 2.75. The van der Waals surface area contributed by atoms with Gasteiger partial charge in [0, 0.05) is 38.9 Å². The Kier molecular flexibility index (Phi) is 20.9. The summed E-state index contributed by atoms with van der Waals surface area (Å²) >= 11 is 0. The molecule has 0 aliphatic rings.